The maximum Gasteiger partial charge on any atom is 0.120 e. The van der Waals surface area contributed by atoms with Crippen molar-refractivity contribution < 1.29 is 4.74 Å². The van der Waals surface area contributed by atoms with E-state index in [4.69, 9.17) is 4.74 Å². The molecule has 0 aliphatic heterocycles. The third-order valence-electron chi connectivity index (χ3n) is 1.68. The van der Waals surface area contributed by atoms with E-state index in [1.807, 2.05) is 18.2 Å². The molecule has 13 heavy (non-hydrogen) atoms. The summed E-state index contributed by atoms with van der Waals surface area (Å²) in [6.45, 7) is 0.589. The Bertz CT molecular complexity index is 426. The first-order chi connectivity index (χ1) is 6.31. The highest BCUT2D eigenvalue weighted by atomic mass is 79.9. The number of ether oxygens (including phenoxy) is 1. The zero-order valence-corrected chi connectivity index (χ0v) is 9.48. The van der Waals surface area contributed by atoms with Crippen LogP contribution < -0.4 is 0 Å². The van der Waals surface area contributed by atoms with E-state index in [0.717, 1.165) is 15.0 Å². The molecule has 0 saturated carbocycles. The van der Waals surface area contributed by atoms with E-state index in [1.54, 1.807) is 18.4 Å². The van der Waals surface area contributed by atoms with E-state index in [9.17, 15) is 0 Å². The van der Waals surface area contributed by atoms with Crippen LogP contribution in [0, 0.1) is 0 Å². The third kappa shape index (κ3) is 1.75. The van der Waals surface area contributed by atoms with Crippen LogP contribution in [0.25, 0.3) is 10.2 Å². The number of hydrogen-bond donors (Lipinski definition) is 0. The van der Waals surface area contributed by atoms with Gasteiger partial charge in [-0.25, -0.2) is 4.98 Å². The normalized spacial score (nSPS) is 10.9. The standard InChI is InChI=1S/C9H8BrNOS/c1-12-5-8-11-7-4-2-3-6(10)9(7)13-8/h2-4H,5H2,1H3. The van der Waals surface area contributed by atoms with Crippen LogP contribution >= 0.6 is 27.3 Å². The van der Waals surface area contributed by atoms with Crippen molar-refractivity contribution in [2.24, 2.45) is 0 Å². The van der Waals surface area contributed by atoms with Gasteiger partial charge in [-0.05, 0) is 28.1 Å². The molecular weight excluding hydrogens is 250 g/mol. The van der Waals surface area contributed by atoms with Crippen molar-refractivity contribution in [3.63, 3.8) is 0 Å². The molecule has 2 nitrogen and oxygen atoms in total. The highest BCUT2D eigenvalue weighted by Crippen LogP contribution is 2.29. The molecule has 0 N–H and O–H groups in total. The topological polar surface area (TPSA) is 22.1 Å². The molecule has 0 fully saturated rings. The quantitative estimate of drug-likeness (QED) is 0.825. The molecule has 0 amide bonds. The molecular formula is C9H8BrNOS. The summed E-state index contributed by atoms with van der Waals surface area (Å²) in [5, 5.41) is 1.02. The van der Waals surface area contributed by atoms with Gasteiger partial charge in [-0.1, -0.05) is 6.07 Å². The molecule has 0 bridgehead atoms. The lowest BCUT2D eigenvalue weighted by atomic mass is 10.3. The van der Waals surface area contributed by atoms with Gasteiger partial charge < -0.3 is 4.74 Å². The average molecular weight is 258 g/mol. The number of nitrogens with zero attached hydrogens (tertiary/aromatic N) is 1. The fourth-order valence-electron chi connectivity index (χ4n) is 1.15. The SMILES string of the molecule is COCc1nc2cccc(Br)c2s1. The second kappa shape index (κ2) is 3.74. The minimum Gasteiger partial charge on any atom is -0.378 e. The van der Waals surface area contributed by atoms with E-state index >= 15 is 0 Å². The van der Waals surface area contributed by atoms with E-state index in [1.165, 1.54) is 4.70 Å². The lowest BCUT2D eigenvalue weighted by Crippen LogP contribution is -1.83. The van der Waals surface area contributed by atoms with E-state index in [0.29, 0.717) is 6.61 Å². The second-order valence-corrected chi connectivity index (χ2v) is 4.57. The summed E-state index contributed by atoms with van der Waals surface area (Å²) in [7, 11) is 1.68. The molecule has 4 heteroatoms. The second-order valence-electron chi connectivity index (χ2n) is 2.63. The van der Waals surface area contributed by atoms with Gasteiger partial charge in [0.05, 0.1) is 16.8 Å². The highest BCUT2D eigenvalue weighted by Gasteiger charge is 2.05. The van der Waals surface area contributed by atoms with Crippen LogP contribution in [0.3, 0.4) is 0 Å². The Morgan fingerprint density at radius 3 is 3.08 bits per heavy atom. The monoisotopic (exact) mass is 257 g/mol. The maximum absolute atomic E-state index is 5.03. The van der Waals surface area contributed by atoms with Gasteiger partial charge in [0.2, 0.25) is 0 Å². The first-order valence-electron chi connectivity index (χ1n) is 3.84. The summed E-state index contributed by atoms with van der Waals surface area (Å²) in [4.78, 5) is 4.43. The zero-order chi connectivity index (χ0) is 9.26. The molecule has 0 unspecified atom stereocenters. The van der Waals surface area contributed by atoms with Crippen LogP contribution in [-0.2, 0) is 11.3 Å². The number of hydrogen-bond acceptors (Lipinski definition) is 3. The Morgan fingerprint density at radius 1 is 1.54 bits per heavy atom. The zero-order valence-electron chi connectivity index (χ0n) is 7.08. The number of rotatable bonds is 2. The van der Waals surface area contributed by atoms with Gasteiger partial charge in [-0.3, -0.25) is 0 Å². The first-order valence-corrected chi connectivity index (χ1v) is 5.45. The van der Waals surface area contributed by atoms with Gasteiger partial charge in [0, 0.05) is 11.6 Å². The molecule has 0 aliphatic carbocycles. The molecule has 68 valence electrons. The van der Waals surface area contributed by atoms with Crippen molar-refractivity contribution in [2.75, 3.05) is 7.11 Å². The molecule has 1 aromatic heterocycles. The average Bonchev–Trinajstić information content (AvgIpc) is 2.49. The molecule has 2 aromatic rings. The van der Waals surface area contributed by atoms with Crippen molar-refractivity contribution in [2.45, 2.75) is 6.61 Å². The van der Waals surface area contributed by atoms with Crippen LogP contribution in [0.15, 0.2) is 22.7 Å². The Morgan fingerprint density at radius 2 is 2.38 bits per heavy atom. The number of aromatic nitrogens is 1. The molecule has 2 rings (SSSR count). The van der Waals surface area contributed by atoms with Gasteiger partial charge >= 0.3 is 0 Å². The molecule has 0 atom stereocenters. The molecule has 0 aliphatic rings. The lowest BCUT2D eigenvalue weighted by molar-refractivity contribution is 0.185. The summed E-state index contributed by atoms with van der Waals surface area (Å²) in [6.07, 6.45) is 0. The van der Waals surface area contributed by atoms with Crippen molar-refractivity contribution in [3.8, 4) is 0 Å². The van der Waals surface area contributed by atoms with Crippen molar-refractivity contribution in [1.82, 2.24) is 4.98 Å². The molecule has 1 aromatic carbocycles. The van der Waals surface area contributed by atoms with Crippen LogP contribution in [0.1, 0.15) is 5.01 Å². The number of halogens is 1. The number of thiazole rings is 1. The predicted molar refractivity (Wildman–Crippen MR) is 58.0 cm³/mol. The van der Waals surface area contributed by atoms with Crippen LogP contribution in [0.2, 0.25) is 0 Å². The van der Waals surface area contributed by atoms with Gasteiger partial charge in [0.15, 0.2) is 0 Å². The Hall–Kier alpha value is -0.450. The van der Waals surface area contributed by atoms with Gasteiger partial charge in [-0.15, -0.1) is 11.3 Å². The first kappa shape index (κ1) is 9.12. The minimum atomic E-state index is 0.589. The summed E-state index contributed by atoms with van der Waals surface area (Å²) in [5.41, 5.74) is 1.03. The third-order valence-corrected chi connectivity index (χ3v) is 3.68. The Labute approximate surface area is 88.7 Å². The van der Waals surface area contributed by atoms with Crippen molar-refractivity contribution in [1.29, 1.82) is 0 Å². The van der Waals surface area contributed by atoms with Crippen molar-refractivity contribution >= 4 is 37.5 Å². The minimum absolute atomic E-state index is 0.589. The number of fused-ring (bicyclic) bond motifs is 1. The van der Waals surface area contributed by atoms with Gasteiger partial charge in [0.25, 0.3) is 0 Å². The Kier molecular flexibility index (Phi) is 2.62. The fraction of sp³-hybridized carbons (Fsp3) is 0.222. The molecule has 0 spiro atoms. The lowest BCUT2D eigenvalue weighted by Gasteiger charge is -1.88. The van der Waals surface area contributed by atoms with Crippen LogP contribution in [0.5, 0.6) is 0 Å². The maximum atomic E-state index is 5.03. The summed E-state index contributed by atoms with van der Waals surface area (Å²) in [5.74, 6) is 0. The van der Waals surface area contributed by atoms with Crippen molar-refractivity contribution in [3.05, 3.63) is 27.7 Å². The largest absolute Gasteiger partial charge is 0.378 e. The number of methoxy groups -OCH3 is 1. The summed E-state index contributed by atoms with van der Waals surface area (Å²) < 4.78 is 7.32. The fourth-order valence-corrected chi connectivity index (χ4v) is 2.69. The summed E-state index contributed by atoms with van der Waals surface area (Å²) in [6, 6.07) is 6.02. The van der Waals surface area contributed by atoms with E-state index in [-0.39, 0.29) is 0 Å². The predicted octanol–water partition coefficient (Wildman–Crippen LogP) is 3.21. The summed E-state index contributed by atoms with van der Waals surface area (Å²) >= 11 is 5.16. The molecule has 0 radical (unpaired) electrons. The highest BCUT2D eigenvalue weighted by molar-refractivity contribution is 9.10. The van der Waals surface area contributed by atoms with E-state index < -0.39 is 0 Å². The Balaban J connectivity index is 2.55. The molecule has 1 heterocycles. The van der Waals surface area contributed by atoms with Gasteiger partial charge in [0.1, 0.15) is 5.01 Å². The van der Waals surface area contributed by atoms with Crippen LogP contribution in [0.4, 0.5) is 0 Å². The smallest absolute Gasteiger partial charge is 0.120 e. The van der Waals surface area contributed by atoms with Gasteiger partial charge in [-0.2, -0.15) is 0 Å². The number of benzene rings is 1. The molecule has 0 saturated heterocycles. The van der Waals surface area contributed by atoms with Crippen LogP contribution in [-0.4, -0.2) is 12.1 Å². The van der Waals surface area contributed by atoms with E-state index in [2.05, 4.69) is 20.9 Å².